The molecule has 0 unspecified atom stereocenters. The minimum absolute atomic E-state index is 0.0200. The van der Waals surface area contributed by atoms with Gasteiger partial charge in [-0.2, -0.15) is 0 Å². The summed E-state index contributed by atoms with van der Waals surface area (Å²) in [7, 11) is 0. The zero-order valence-electron chi connectivity index (χ0n) is 9.89. The maximum absolute atomic E-state index is 11.1. The number of hydrogen-bond donors (Lipinski definition) is 3. The van der Waals surface area contributed by atoms with Gasteiger partial charge in [-0.15, -0.1) is 0 Å². The van der Waals surface area contributed by atoms with Crippen molar-refractivity contribution in [2.75, 3.05) is 30.3 Å². The number of anilines is 2. The Morgan fingerprint density at radius 1 is 1.41 bits per heavy atom. The van der Waals surface area contributed by atoms with E-state index < -0.39 is 5.97 Å². The number of carbonyl (C=O) groups is 1. The van der Waals surface area contributed by atoms with Gasteiger partial charge in [-0.05, 0) is 24.6 Å². The van der Waals surface area contributed by atoms with Gasteiger partial charge < -0.3 is 20.8 Å². The molecule has 0 radical (unpaired) electrons. The van der Waals surface area contributed by atoms with Crippen molar-refractivity contribution in [2.24, 2.45) is 0 Å². The third kappa shape index (κ3) is 3.35. The topological polar surface area (TPSA) is 86.8 Å². The number of benzene rings is 1. The van der Waals surface area contributed by atoms with E-state index in [1.807, 2.05) is 11.8 Å². The lowest BCUT2D eigenvalue weighted by atomic mass is 10.1. The number of nitrogen functional groups attached to an aromatic ring is 1. The number of aliphatic hydroxyl groups excluding tert-OH is 1. The van der Waals surface area contributed by atoms with E-state index in [1.165, 1.54) is 6.07 Å². The van der Waals surface area contributed by atoms with Crippen LogP contribution in [0.5, 0.6) is 0 Å². The van der Waals surface area contributed by atoms with Crippen LogP contribution < -0.4 is 10.6 Å². The molecule has 0 fully saturated rings. The Hall–Kier alpha value is -1.75. The summed E-state index contributed by atoms with van der Waals surface area (Å²) >= 11 is 0. The summed E-state index contributed by atoms with van der Waals surface area (Å²) in [5.74, 6) is -0.987. The highest BCUT2D eigenvalue weighted by Crippen LogP contribution is 2.23. The van der Waals surface area contributed by atoms with Gasteiger partial charge in [-0.25, -0.2) is 4.79 Å². The molecule has 0 aliphatic carbocycles. The van der Waals surface area contributed by atoms with Crippen LogP contribution in [0.3, 0.4) is 0 Å². The Morgan fingerprint density at radius 2 is 2.12 bits per heavy atom. The van der Waals surface area contributed by atoms with Gasteiger partial charge in [-0.1, -0.05) is 6.92 Å². The molecule has 0 amide bonds. The van der Waals surface area contributed by atoms with Crippen LogP contribution in [0.25, 0.3) is 0 Å². The summed E-state index contributed by atoms with van der Waals surface area (Å²) in [6.45, 7) is 3.06. The van der Waals surface area contributed by atoms with E-state index in [4.69, 9.17) is 15.9 Å². The van der Waals surface area contributed by atoms with Crippen LogP contribution in [-0.4, -0.2) is 35.9 Å². The quantitative estimate of drug-likeness (QED) is 0.648. The number of nitrogens with two attached hydrogens (primary N) is 1. The van der Waals surface area contributed by atoms with Crippen LogP contribution in [0, 0.1) is 0 Å². The maximum Gasteiger partial charge on any atom is 0.337 e. The molecule has 1 aromatic carbocycles. The minimum Gasteiger partial charge on any atom is -0.478 e. The number of carboxylic acids is 1. The molecule has 4 N–H and O–H groups in total. The van der Waals surface area contributed by atoms with Gasteiger partial charge in [-0.3, -0.25) is 0 Å². The first-order valence-corrected chi connectivity index (χ1v) is 5.58. The second kappa shape index (κ2) is 6.10. The summed E-state index contributed by atoms with van der Waals surface area (Å²) in [6.07, 6.45) is 0.869. The van der Waals surface area contributed by atoms with Gasteiger partial charge in [0.1, 0.15) is 0 Å². The predicted octanol–water partition coefficient (Wildman–Crippen LogP) is 1.18. The molecule has 0 spiro atoms. The lowest BCUT2D eigenvalue weighted by Gasteiger charge is -2.25. The highest BCUT2D eigenvalue weighted by molar-refractivity contribution is 5.95. The Kier molecular flexibility index (Phi) is 4.78. The van der Waals surface area contributed by atoms with E-state index >= 15 is 0 Å². The van der Waals surface area contributed by atoms with Gasteiger partial charge in [0.05, 0.1) is 17.9 Å². The average molecular weight is 238 g/mol. The van der Waals surface area contributed by atoms with Crippen molar-refractivity contribution in [1.82, 2.24) is 0 Å². The second-order valence-electron chi connectivity index (χ2n) is 3.79. The highest BCUT2D eigenvalue weighted by atomic mass is 16.4. The molecular weight excluding hydrogens is 220 g/mol. The smallest absolute Gasteiger partial charge is 0.337 e. The largest absolute Gasteiger partial charge is 0.478 e. The zero-order valence-corrected chi connectivity index (χ0v) is 9.89. The molecule has 17 heavy (non-hydrogen) atoms. The van der Waals surface area contributed by atoms with Gasteiger partial charge in [0.15, 0.2) is 0 Å². The molecule has 1 aromatic rings. The third-order valence-corrected chi connectivity index (χ3v) is 2.46. The van der Waals surface area contributed by atoms with E-state index in [0.717, 1.165) is 6.42 Å². The fourth-order valence-corrected chi connectivity index (χ4v) is 1.73. The maximum atomic E-state index is 11.1. The van der Waals surface area contributed by atoms with Crippen molar-refractivity contribution in [2.45, 2.75) is 13.3 Å². The van der Waals surface area contributed by atoms with Crippen molar-refractivity contribution in [1.29, 1.82) is 0 Å². The molecule has 5 heteroatoms. The molecule has 5 nitrogen and oxygen atoms in total. The molecule has 0 heterocycles. The Balaban J connectivity index is 3.14. The Morgan fingerprint density at radius 3 is 2.65 bits per heavy atom. The fourth-order valence-electron chi connectivity index (χ4n) is 1.73. The normalized spacial score (nSPS) is 10.2. The molecule has 0 aromatic heterocycles. The van der Waals surface area contributed by atoms with Crippen LogP contribution in [0.2, 0.25) is 0 Å². The number of carboxylic acid groups (broad SMARTS) is 1. The monoisotopic (exact) mass is 238 g/mol. The summed E-state index contributed by atoms with van der Waals surface area (Å²) < 4.78 is 0. The molecule has 0 saturated carbocycles. The molecule has 0 saturated heterocycles. The summed E-state index contributed by atoms with van der Waals surface area (Å²) in [5, 5.41) is 18.1. The van der Waals surface area contributed by atoms with Gasteiger partial charge in [0.2, 0.25) is 0 Å². The van der Waals surface area contributed by atoms with Crippen molar-refractivity contribution >= 4 is 17.3 Å². The average Bonchev–Trinajstić information content (AvgIpc) is 2.28. The molecular formula is C12H18N2O3. The summed E-state index contributed by atoms with van der Waals surface area (Å²) in [4.78, 5) is 12.9. The number of hydrogen-bond acceptors (Lipinski definition) is 4. The molecule has 94 valence electrons. The number of aliphatic hydroxyl groups is 1. The first kappa shape index (κ1) is 13.3. The highest BCUT2D eigenvalue weighted by Gasteiger charge is 2.15. The van der Waals surface area contributed by atoms with E-state index in [9.17, 15) is 4.79 Å². The van der Waals surface area contributed by atoms with Gasteiger partial charge in [0, 0.05) is 18.8 Å². The van der Waals surface area contributed by atoms with E-state index in [2.05, 4.69) is 0 Å². The van der Waals surface area contributed by atoms with Crippen LogP contribution in [-0.2, 0) is 0 Å². The fraction of sp³-hybridized carbons (Fsp3) is 0.417. The zero-order chi connectivity index (χ0) is 12.8. The molecule has 0 atom stereocenters. The minimum atomic E-state index is -0.987. The molecule has 1 rings (SSSR count). The Labute approximate surface area is 100 Å². The number of rotatable bonds is 6. The lowest BCUT2D eigenvalue weighted by molar-refractivity contribution is 0.0697. The van der Waals surface area contributed by atoms with E-state index in [1.54, 1.807) is 12.1 Å². The van der Waals surface area contributed by atoms with Gasteiger partial charge >= 0.3 is 5.97 Å². The first-order valence-electron chi connectivity index (χ1n) is 5.58. The van der Waals surface area contributed by atoms with Crippen LogP contribution >= 0.6 is 0 Å². The van der Waals surface area contributed by atoms with Crippen LogP contribution in [0.15, 0.2) is 18.2 Å². The Bertz CT molecular complexity index is 387. The van der Waals surface area contributed by atoms with Crippen LogP contribution in [0.4, 0.5) is 11.4 Å². The van der Waals surface area contributed by atoms with Crippen molar-refractivity contribution in [3.05, 3.63) is 23.8 Å². The number of nitrogens with zero attached hydrogens (tertiary/aromatic N) is 1. The SMILES string of the molecule is CCCN(CCO)c1cc(N)ccc1C(=O)O. The van der Waals surface area contributed by atoms with Crippen molar-refractivity contribution in [3.8, 4) is 0 Å². The second-order valence-corrected chi connectivity index (χ2v) is 3.79. The molecule has 0 bridgehead atoms. The lowest BCUT2D eigenvalue weighted by Crippen LogP contribution is -2.29. The molecule has 0 aliphatic rings. The van der Waals surface area contributed by atoms with Crippen molar-refractivity contribution < 1.29 is 15.0 Å². The van der Waals surface area contributed by atoms with E-state index in [-0.39, 0.29) is 12.2 Å². The molecule has 0 aliphatic heterocycles. The summed E-state index contributed by atoms with van der Waals surface area (Å²) in [5.41, 5.74) is 6.97. The van der Waals surface area contributed by atoms with E-state index in [0.29, 0.717) is 24.5 Å². The van der Waals surface area contributed by atoms with Crippen LogP contribution in [0.1, 0.15) is 23.7 Å². The van der Waals surface area contributed by atoms with Crippen molar-refractivity contribution in [3.63, 3.8) is 0 Å². The van der Waals surface area contributed by atoms with Gasteiger partial charge in [0.25, 0.3) is 0 Å². The number of aromatic carboxylic acids is 1. The summed E-state index contributed by atoms with van der Waals surface area (Å²) in [6, 6.07) is 4.69. The predicted molar refractivity (Wildman–Crippen MR) is 67.4 cm³/mol. The standard InChI is InChI=1S/C12H18N2O3/c1-2-5-14(6-7-15)11-8-9(13)3-4-10(11)12(16)17/h3-4,8,15H,2,5-7,13H2,1H3,(H,16,17). The third-order valence-electron chi connectivity index (χ3n) is 2.46. The first-order chi connectivity index (χ1) is 8.10.